The maximum Gasteiger partial charge on any atom is 0.0685 e. The molecule has 1 saturated heterocycles. The summed E-state index contributed by atoms with van der Waals surface area (Å²) in [6, 6.07) is 0.657. The SMILES string of the molecule is C=CCSCCNC1C2CCOC2C1(C)C. The van der Waals surface area contributed by atoms with Gasteiger partial charge in [0.1, 0.15) is 0 Å². The molecule has 0 spiro atoms. The fourth-order valence-electron chi connectivity index (χ4n) is 3.19. The highest BCUT2D eigenvalue weighted by molar-refractivity contribution is 7.99. The van der Waals surface area contributed by atoms with Crippen LogP contribution in [-0.4, -0.2) is 36.8 Å². The molecule has 0 amide bonds. The van der Waals surface area contributed by atoms with Crippen LogP contribution in [-0.2, 0) is 4.74 Å². The highest BCUT2D eigenvalue weighted by atomic mass is 32.2. The first kappa shape index (κ1) is 12.5. The fourth-order valence-corrected chi connectivity index (χ4v) is 3.79. The fraction of sp³-hybridized carbons (Fsp3) is 0.846. The van der Waals surface area contributed by atoms with Crippen molar-refractivity contribution in [1.82, 2.24) is 5.32 Å². The first-order valence-electron chi connectivity index (χ1n) is 6.21. The van der Waals surface area contributed by atoms with Crippen molar-refractivity contribution in [1.29, 1.82) is 0 Å². The molecular formula is C13H23NOS. The van der Waals surface area contributed by atoms with Gasteiger partial charge in [-0.15, -0.1) is 6.58 Å². The van der Waals surface area contributed by atoms with Crippen molar-refractivity contribution in [2.45, 2.75) is 32.4 Å². The first-order chi connectivity index (χ1) is 7.68. The number of hydrogen-bond donors (Lipinski definition) is 1. The lowest BCUT2D eigenvalue weighted by molar-refractivity contribution is -0.111. The number of rotatable bonds is 6. The summed E-state index contributed by atoms with van der Waals surface area (Å²) in [6.07, 6.45) is 3.72. The predicted octanol–water partition coefficient (Wildman–Crippen LogP) is 2.31. The molecule has 16 heavy (non-hydrogen) atoms. The molecule has 2 rings (SSSR count). The Morgan fingerprint density at radius 1 is 1.56 bits per heavy atom. The van der Waals surface area contributed by atoms with Gasteiger partial charge < -0.3 is 10.1 Å². The van der Waals surface area contributed by atoms with Crippen molar-refractivity contribution >= 4 is 11.8 Å². The maximum absolute atomic E-state index is 5.78. The molecule has 0 aromatic carbocycles. The molecule has 0 bridgehead atoms. The van der Waals surface area contributed by atoms with E-state index in [4.69, 9.17) is 4.74 Å². The van der Waals surface area contributed by atoms with E-state index in [0.717, 1.165) is 24.8 Å². The van der Waals surface area contributed by atoms with E-state index in [-0.39, 0.29) is 0 Å². The number of hydrogen-bond acceptors (Lipinski definition) is 3. The zero-order valence-electron chi connectivity index (χ0n) is 10.4. The molecule has 0 radical (unpaired) electrons. The van der Waals surface area contributed by atoms with Gasteiger partial charge in [0.15, 0.2) is 0 Å². The van der Waals surface area contributed by atoms with Crippen LogP contribution < -0.4 is 5.32 Å². The lowest BCUT2D eigenvalue weighted by Gasteiger charge is -2.55. The lowest BCUT2D eigenvalue weighted by atomic mass is 9.57. The highest BCUT2D eigenvalue weighted by Crippen LogP contribution is 2.51. The molecule has 1 saturated carbocycles. The third-order valence-corrected chi connectivity index (χ3v) is 4.91. The van der Waals surface area contributed by atoms with E-state index in [9.17, 15) is 0 Å². The van der Waals surface area contributed by atoms with E-state index in [2.05, 4.69) is 25.7 Å². The summed E-state index contributed by atoms with van der Waals surface area (Å²) >= 11 is 1.94. The number of ether oxygens (including phenoxy) is 1. The molecule has 92 valence electrons. The van der Waals surface area contributed by atoms with Gasteiger partial charge in [0.05, 0.1) is 6.10 Å². The lowest BCUT2D eigenvalue weighted by Crippen LogP contribution is -2.66. The number of nitrogens with one attached hydrogen (secondary N) is 1. The first-order valence-corrected chi connectivity index (χ1v) is 7.37. The van der Waals surface area contributed by atoms with Gasteiger partial charge in [-0.3, -0.25) is 0 Å². The Hall–Kier alpha value is 0.01000. The average molecular weight is 241 g/mol. The normalized spacial score (nSPS) is 35.5. The number of thioether (sulfide) groups is 1. The monoisotopic (exact) mass is 241 g/mol. The second-order valence-corrected chi connectivity index (χ2v) is 6.51. The molecule has 3 heteroatoms. The summed E-state index contributed by atoms with van der Waals surface area (Å²) in [5.74, 6) is 3.00. The molecule has 2 aliphatic rings. The summed E-state index contributed by atoms with van der Waals surface area (Å²) in [5, 5.41) is 3.70. The zero-order valence-corrected chi connectivity index (χ0v) is 11.2. The van der Waals surface area contributed by atoms with Crippen molar-refractivity contribution < 1.29 is 4.74 Å². The molecule has 0 aromatic rings. The largest absolute Gasteiger partial charge is 0.377 e. The van der Waals surface area contributed by atoms with E-state index < -0.39 is 0 Å². The van der Waals surface area contributed by atoms with Crippen molar-refractivity contribution in [3.8, 4) is 0 Å². The van der Waals surface area contributed by atoms with Crippen LogP contribution in [0, 0.1) is 11.3 Å². The Morgan fingerprint density at radius 2 is 2.38 bits per heavy atom. The minimum atomic E-state index is 0.324. The van der Waals surface area contributed by atoms with Crippen molar-refractivity contribution in [2.24, 2.45) is 11.3 Å². The summed E-state index contributed by atoms with van der Waals surface area (Å²) in [4.78, 5) is 0. The van der Waals surface area contributed by atoms with Gasteiger partial charge in [-0.25, -0.2) is 0 Å². The molecule has 1 N–H and O–H groups in total. The van der Waals surface area contributed by atoms with Gasteiger partial charge in [-0.2, -0.15) is 11.8 Å². The molecule has 1 heterocycles. The minimum Gasteiger partial charge on any atom is -0.377 e. The van der Waals surface area contributed by atoms with E-state index in [1.165, 1.54) is 12.2 Å². The molecular weight excluding hydrogens is 218 g/mol. The molecule has 2 nitrogen and oxygen atoms in total. The van der Waals surface area contributed by atoms with E-state index in [1.807, 2.05) is 17.8 Å². The van der Waals surface area contributed by atoms with Crippen LogP contribution in [0.3, 0.4) is 0 Å². The molecule has 1 aliphatic carbocycles. The summed E-state index contributed by atoms with van der Waals surface area (Å²) < 4.78 is 5.78. The standard InChI is InChI=1S/C13H23NOS/c1-4-8-16-9-6-14-11-10-5-7-15-12(10)13(11,2)3/h4,10-12,14H,1,5-9H2,2-3H3. The third kappa shape index (κ3) is 2.18. The smallest absolute Gasteiger partial charge is 0.0685 e. The van der Waals surface area contributed by atoms with Crippen LogP contribution in [0.4, 0.5) is 0 Å². The molecule has 3 unspecified atom stereocenters. The van der Waals surface area contributed by atoms with Crippen LogP contribution in [0.15, 0.2) is 12.7 Å². The Kier molecular flexibility index (Phi) is 3.98. The van der Waals surface area contributed by atoms with Crippen molar-refractivity contribution in [3.05, 3.63) is 12.7 Å². The van der Waals surface area contributed by atoms with Gasteiger partial charge in [-0.05, 0) is 6.42 Å². The van der Waals surface area contributed by atoms with Crippen LogP contribution in [0.5, 0.6) is 0 Å². The van der Waals surface area contributed by atoms with Gasteiger partial charge in [0.2, 0.25) is 0 Å². The van der Waals surface area contributed by atoms with E-state index in [0.29, 0.717) is 17.6 Å². The molecule has 0 aromatic heterocycles. The molecule has 3 atom stereocenters. The maximum atomic E-state index is 5.78. The Balaban J connectivity index is 1.71. The Labute approximate surface area is 103 Å². The second kappa shape index (κ2) is 5.11. The van der Waals surface area contributed by atoms with E-state index in [1.54, 1.807) is 0 Å². The predicted molar refractivity (Wildman–Crippen MR) is 70.9 cm³/mol. The van der Waals surface area contributed by atoms with Gasteiger partial charge in [0, 0.05) is 42.0 Å². The van der Waals surface area contributed by atoms with Crippen LogP contribution in [0.2, 0.25) is 0 Å². The number of fused-ring (bicyclic) bond motifs is 1. The third-order valence-electron chi connectivity index (χ3n) is 3.95. The quantitative estimate of drug-likeness (QED) is 0.569. The van der Waals surface area contributed by atoms with Crippen LogP contribution in [0.25, 0.3) is 0 Å². The summed E-state index contributed by atoms with van der Waals surface area (Å²) in [7, 11) is 0. The zero-order chi connectivity index (χ0) is 11.6. The highest BCUT2D eigenvalue weighted by Gasteiger charge is 2.58. The second-order valence-electron chi connectivity index (χ2n) is 5.36. The Bertz CT molecular complexity index is 254. The van der Waals surface area contributed by atoms with Gasteiger partial charge in [-0.1, -0.05) is 19.9 Å². The molecule has 2 fully saturated rings. The van der Waals surface area contributed by atoms with Crippen molar-refractivity contribution in [3.63, 3.8) is 0 Å². The van der Waals surface area contributed by atoms with Crippen LogP contribution in [0.1, 0.15) is 20.3 Å². The molecule has 1 aliphatic heterocycles. The van der Waals surface area contributed by atoms with Crippen LogP contribution >= 0.6 is 11.8 Å². The Morgan fingerprint density at radius 3 is 3.12 bits per heavy atom. The van der Waals surface area contributed by atoms with E-state index >= 15 is 0 Å². The summed E-state index contributed by atoms with van der Waals surface area (Å²) in [5.41, 5.74) is 0.324. The minimum absolute atomic E-state index is 0.324. The topological polar surface area (TPSA) is 21.3 Å². The van der Waals surface area contributed by atoms with Gasteiger partial charge >= 0.3 is 0 Å². The average Bonchev–Trinajstić information content (AvgIpc) is 2.69. The van der Waals surface area contributed by atoms with Gasteiger partial charge in [0.25, 0.3) is 0 Å². The summed E-state index contributed by atoms with van der Waals surface area (Å²) in [6.45, 7) is 10.5. The van der Waals surface area contributed by atoms with Crippen molar-refractivity contribution in [2.75, 3.05) is 24.7 Å².